The Kier molecular flexibility index (Phi) is 8.65. The van der Waals surface area contributed by atoms with Crippen LogP contribution in [0.2, 0.25) is 5.02 Å². The van der Waals surface area contributed by atoms with Gasteiger partial charge in [0.05, 0.1) is 24.2 Å². The molecular formula is C28H36ClN7O3S. The molecule has 1 aliphatic heterocycles. The van der Waals surface area contributed by atoms with Gasteiger partial charge in [-0.1, -0.05) is 23.7 Å². The van der Waals surface area contributed by atoms with Gasteiger partial charge in [0.1, 0.15) is 15.7 Å². The van der Waals surface area contributed by atoms with Gasteiger partial charge in [-0.25, -0.2) is 18.1 Å². The number of hydrogen-bond donors (Lipinski definition) is 3. The molecule has 40 heavy (non-hydrogen) atoms. The highest BCUT2D eigenvalue weighted by Gasteiger charge is 2.26. The Morgan fingerprint density at radius 3 is 2.62 bits per heavy atom. The van der Waals surface area contributed by atoms with Crippen molar-refractivity contribution in [3.05, 3.63) is 53.7 Å². The first-order valence-corrected chi connectivity index (χ1v) is 15.4. The van der Waals surface area contributed by atoms with Crippen molar-refractivity contribution in [2.45, 2.75) is 37.1 Å². The minimum atomic E-state index is -3.71. The summed E-state index contributed by atoms with van der Waals surface area (Å²) in [5.41, 5.74) is 2.19. The molecule has 2 aliphatic rings. The zero-order valence-corrected chi connectivity index (χ0v) is 24.6. The predicted octanol–water partition coefficient (Wildman–Crippen LogP) is 4.84. The molecule has 1 atom stereocenters. The molecule has 2 aromatic carbocycles. The highest BCUT2D eigenvalue weighted by molar-refractivity contribution is 7.89. The van der Waals surface area contributed by atoms with Gasteiger partial charge in [-0.3, -0.25) is 0 Å². The van der Waals surface area contributed by atoms with E-state index in [-0.39, 0.29) is 15.7 Å². The van der Waals surface area contributed by atoms with E-state index in [2.05, 4.69) is 55.3 Å². The lowest BCUT2D eigenvalue weighted by molar-refractivity contribution is 0.315. The molecule has 0 bridgehead atoms. The molecule has 10 nitrogen and oxygen atoms in total. The van der Waals surface area contributed by atoms with Crippen molar-refractivity contribution in [1.82, 2.24) is 19.6 Å². The number of nitrogens with zero attached hydrogens (tertiary/aromatic N) is 4. The first kappa shape index (κ1) is 28.4. The maximum absolute atomic E-state index is 13.0. The molecule has 0 spiro atoms. The van der Waals surface area contributed by atoms with Crippen molar-refractivity contribution in [2.24, 2.45) is 5.92 Å². The third kappa shape index (κ3) is 6.77. The van der Waals surface area contributed by atoms with Crippen LogP contribution >= 0.6 is 11.6 Å². The molecule has 0 radical (unpaired) electrons. The molecule has 1 saturated heterocycles. The second kappa shape index (κ2) is 12.2. The SMILES string of the molecule is CCOc1cc(N2CC[C@H](N(C)C)C2)ccc1Nc1ncc(Cl)c(Nc2ccccc2S(=O)(=O)NCC2CC2)n1. The lowest BCUT2D eigenvalue weighted by Gasteiger charge is -2.23. The van der Waals surface area contributed by atoms with Crippen LogP contribution < -0.4 is 25.0 Å². The standard InChI is InChI=1S/C28H36ClN7O3S/c1-4-39-25-15-20(36-14-13-21(18-36)35(2)3)11-12-23(25)33-28-30-17-22(29)27(34-28)32-24-7-5-6-8-26(24)40(37,38)31-16-19-9-10-19/h5-8,11-12,15,17,19,21,31H,4,9-10,13-14,16,18H2,1-3H3,(H2,30,32,33,34)/t21-/m0/s1. The van der Waals surface area contributed by atoms with Crippen molar-refractivity contribution >= 4 is 50.5 Å². The van der Waals surface area contributed by atoms with Crippen LogP contribution in [0.1, 0.15) is 26.2 Å². The summed E-state index contributed by atoms with van der Waals surface area (Å²) in [5, 5.41) is 6.59. The van der Waals surface area contributed by atoms with Gasteiger partial charge in [-0.05, 0) is 70.5 Å². The van der Waals surface area contributed by atoms with E-state index in [0.29, 0.717) is 42.5 Å². The van der Waals surface area contributed by atoms with Crippen LogP contribution in [0.4, 0.5) is 28.8 Å². The van der Waals surface area contributed by atoms with E-state index < -0.39 is 10.0 Å². The molecule has 0 unspecified atom stereocenters. The molecule has 3 aromatic rings. The average molecular weight is 586 g/mol. The maximum Gasteiger partial charge on any atom is 0.242 e. The Morgan fingerprint density at radius 1 is 1.10 bits per heavy atom. The van der Waals surface area contributed by atoms with E-state index in [4.69, 9.17) is 16.3 Å². The van der Waals surface area contributed by atoms with Crippen LogP contribution in [-0.4, -0.2) is 69.7 Å². The van der Waals surface area contributed by atoms with Crippen LogP contribution in [-0.2, 0) is 10.0 Å². The van der Waals surface area contributed by atoms with E-state index in [0.717, 1.165) is 43.7 Å². The maximum atomic E-state index is 13.0. The fourth-order valence-corrected chi connectivity index (χ4v) is 6.09. The molecular weight excluding hydrogens is 550 g/mol. The van der Waals surface area contributed by atoms with Gasteiger partial charge in [-0.15, -0.1) is 0 Å². The number of para-hydroxylation sites is 1. The summed E-state index contributed by atoms with van der Waals surface area (Å²) in [6, 6.07) is 13.3. The summed E-state index contributed by atoms with van der Waals surface area (Å²) in [5.74, 6) is 1.69. The van der Waals surface area contributed by atoms with Crippen LogP contribution in [0.3, 0.4) is 0 Å². The number of nitrogens with one attached hydrogen (secondary N) is 3. The summed E-state index contributed by atoms with van der Waals surface area (Å²) >= 11 is 6.42. The molecule has 0 amide bonds. The lowest BCUT2D eigenvalue weighted by atomic mass is 10.2. The number of anilines is 5. The summed E-state index contributed by atoms with van der Waals surface area (Å²) in [4.78, 5) is 13.6. The topological polar surface area (TPSA) is 112 Å². The van der Waals surface area contributed by atoms with E-state index >= 15 is 0 Å². The monoisotopic (exact) mass is 585 g/mol. The Bertz CT molecular complexity index is 1450. The Labute approximate surface area is 241 Å². The number of halogens is 1. The quantitative estimate of drug-likeness (QED) is 0.275. The molecule has 214 valence electrons. The zero-order valence-electron chi connectivity index (χ0n) is 23.0. The van der Waals surface area contributed by atoms with Gasteiger partial charge >= 0.3 is 0 Å². The Hall–Kier alpha value is -3.12. The molecule has 5 rings (SSSR count). The molecule has 2 fully saturated rings. The van der Waals surface area contributed by atoms with Crippen LogP contribution in [0.25, 0.3) is 0 Å². The summed E-state index contributed by atoms with van der Waals surface area (Å²) < 4.78 is 34.7. The third-order valence-electron chi connectivity index (χ3n) is 7.20. The van der Waals surface area contributed by atoms with Crippen LogP contribution in [0, 0.1) is 5.92 Å². The van der Waals surface area contributed by atoms with Crippen molar-refractivity contribution in [3.63, 3.8) is 0 Å². The second-order valence-electron chi connectivity index (χ2n) is 10.4. The number of hydrogen-bond acceptors (Lipinski definition) is 9. The van der Waals surface area contributed by atoms with E-state index in [1.807, 2.05) is 19.1 Å². The normalized spacial score (nSPS) is 17.3. The van der Waals surface area contributed by atoms with Gasteiger partial charge in [0.15, 0.2) is 5.82 Å². The average Bonchev–Trinajstić information content (AvgIpc) is 3.64. The van der Waals surface area contributed by atoms with Gasteiger partial charge in [0, 0.05) is 37.4 Å². The molecule has 1 aliphatic carbocycles. The Morgan fingerprint density at radius 2 is 1.90 bits per heavy atom. The lowest BCUT2D eigenvalue weighted by Crippen LogP contribution is -2.31. The summed E-state index contributed by atoms with van der Waals surface area (Å²) in [7, 11) is 0.526. The Balaban J connectivity index is 1.35. The van der Waals surface area contributed by atoms with Gasteiger partial charge in [0.25, 0.3) is 0 Å². The zero-order chi connectivity index (χ0) is 28.3. The molecule has 2 heterocycles. The summed E-state index contributed by atoms with van der Waals surface area (Å²) in [6.07, 6.45) is 4.70. The number of rotatable bonds is 12. The van der Waals surface area contributed by atoms with Gasteiger partial charge < -0.3 is 25.2 Å². The smallest absolute Gasteiger partial charge is 0.242 e. The summed E-state index contributed by atoms with van der Waals surface area (Å²) in [6.45, 7) is 4.85. The van der Waals surface area contributed by atoms with Crippen molar-refractivity contribution in [1.29, 1.82) is 0 Å². The fourth-order valence-electron chi connectivity index (χ4n) is 4.68. The number of benzene rings is 2. The van der Waals surface area contributed by atoms with Crippen molar-refractivity contribution in [2.75, 3.05) is 55.9 Å². The fraction of sp³-hybridized carbons (Fsp3) is 0.429. The van der Waals surface area contributed by atoms with E-state index in [1.165, 1.54) is 6.20 Å². The van der Waals surface area contributed by atoms with E-state index in [1.54, 1.807) is 24.3 Å². The van der Waals surface area contributed by atoms with Crippen LogP contribution in [0.15, 0.2) is 53.6 Å². The molecule has 12 heteroatoms. The highest BCUT2D eigenvalue weighted by atomic mass is 35.5. The van der Waals surface area contributed by atoms with Gasteiger partial charge in [-0.2, -0.15) is 4.98 Å². The number of ether oxygens (including phenoxy) is 1. The second-order valence-corrected chi connectivity index (χ2v) is 12.5. The minimum absolute atomic E-state index is 0.132. The van der Waals surface area contributed by atoms with Gasteiger partial charge in [0.2, 0.25) is 16.0 Å². The minimum Gasteiger partial charge on any atom is -0.492 e. The largest absolute Gasteiger partial charge is 0.492 e. The third-order valence-corrected chi connectivity index (χ3v) is 8.96. The number of likely N-dealkylation sites (N-methyl/N-ethyl adjacent to an activating group) is 1. The highest BCUT2D eigenvalue weighted by Crippen LogP contribution is 2.35. The number of sulfonamides is 1. The van der Waals surface area contributed by atoms with Crippen molar-refractivity contribution < 1.29 is 13.2 Å². The van der Waals surface area contributed by atoms with Crippen molar-refractivity contribution in [3.8, 4) is 5.75 Å². The molecule has 1 saturated carbocycles. The molecule has 1 aromatic heterocycles. The number of aromatic nitrogens is 2. The van der Waals surface area contributed by atoms with Crippen LogP contribution in [0.5, 0.6) is 5.75 Å². The van der Waals surface area contributed by atoms with E-state index in [9.17, 15) is 8.42 Å². The first-order chi connectivity index (χ1) is 19.2. The first-order valence-electron chi connectivity index (χ1n) is 13.6. The molecule has 3 N–H and O–H groups in total. The predicted molar refractivity (Wildman–Crippen MR) is 160 cm³/mol.